The molecule has 0 aromatic carbocycles. The van der Waals surface area contributed by atoms with Gasteiger partial charge in [0.1, 0.15) is 0 Å². The minimum absolute atomic E-state index is 0. The van der Waals surface area contributed by atoms with Gasteiger partial charge in [0.25, 0.3) is 0 Å². The number of hydrogen-bond donors (Lipinski definition) is 0. The fraction of sp³-hybridized carbons (Fsp3) is 0.667. The van der Waals surface area contributed by atoms with Gasteiger partial charge in [-0.05, 0) is 25.4 Å². The minimum atomic E-state index is 0. The summed E-state index contributed by atoms with van der Waals surface area (Å²) in [6.07, 6.45) is 5.17. The smallest absolute Gasteiger partial charge is 0 e. The first-order valence-electron chi connectivity index (χ1n) is 6.41. The van der Waals surface area contributed by atoms with E-state index in [1.807, 2.05) is 55.4 Å². The van der Waals surface area contributed by atoms with Crippen molar-refractivity contribution in [2.75, 3.05) is 0 Å². The molecule has 0 unspecified atom stereocenters. The molecule has 0 heterocycles. The SMILES string of the molecule is C.C.CC.CC.CC(=O)[C-]=C(C)C.CC(=O)[C-]=C(C)C.[Y].[Y]. The second kappa shape index (κ2) is 43.1. The molecule has 0 bridgehead atoms. The van der Waals surface area contributed by atoms with Gasteiger partial charge in [0.2, 0.25) is 0 Å². The average Bonchev–Trinajstić information content (AvgIpc) is 2.20. The molecule has 0 saturated carbocycles. The fourth-order valence-electron chi connectivity index (χ4n) is 0.704. The van der Waals surface area contributed by atoms with Crippen LogP contribution in [0.1, 0.15) is 84.1 Å². The molecule has 130 valence electrons. The summed E-state index contributed by atoms with van der Waals surface area (Å²) >= 11 is 0. The molecule has 0 atom stereocenters. The molecule has 0 aliphatic carbocycles. The molecule has 2 radical (unpaired) electrons. The Bertz CT molecular complexity index is 232. The van der Waals surface area contributed by atoms with E-state index in [2.05, 4.69) is 12.2 Å². The van der Waals surface area contributed by atoms with Crippen molar-refractivity contribution >= 4 is 11.6 Å². The first-order valence-corrected chi connectivity index (χ1v) is 6.41. The minimum Gasteiger partial charge on any atom is -0.429 e. The molecule has 4 heteroatoms. The number of carbonyl (C=O) groups excluding carboxylic acids is 2. The van der Waals surface area contributed by atoms with Crippen molar-refractivity contribution in [2.45, 2.75) is 84.1 Å². The van der Waals surface area contributed by atoms with E-state index in [4.69, 9.17) is 0 Å². The van der Waals surface area contributed by atoms with Crippen LogP contribution in [0.15, 0.2) is 11.1 Å². The van der Waals surface area contributed by atoms with Gasteiger partial charge in [-0.2, -0.15) is 0 Å². The number of ketones is 2. The van der Waals surface area contributed by atoms with Gasteiger partial charge in [-0.25, -0.2) is 0 Å². The van der Waals surface area contributed by atoms with Crippen molar-refractivity contribution in [3.05, 3.63) is 23.3 Å². The van der Waals surface area contributed by atoms with Crippen LogP contribution in [-0.2, 0) is 75.0 Å². The van der Waals surface area contributed by atoms with E-state index in [0.717, 1.165) is 11.1 Å². The third-order valence-corrected chi connectivity index (χ3v) is 0.852. The first-order chi connectivity index (χ1) is 8.25. The number of allylic oxidation sites excluding steroid dienone is 4. The topological polar surface area (TPSA) is 34.1 Å². The average molecular weight is 464 g/mol. The Labute approximate surface area is 192 Å². The molecule has 2 nitrogen and oxygen atoms in total. The standard InChI is InChI=1S/2C6H9O.2C2H6.2CH4.2Y/c2*1-5(2)4-6(3)7;2*1-2;;;;/h2*1-3H3;2*1-2H3;2*1H4;;/q2*-1;;;;;;. The molecule has 0 aliphatic rings. The zero-order valence-electron chi connectivity index (χ0n) is 15.0. The Morgan fingerprint density at radius 3 is 0.682 bits per heavy atom. The van der Waals surface area contributed by atoms with Crippen LogP contribution >= 0.6 is 0 Å². The summed E-state index contributed by atoms with van der Waals surface area (Å²) in [7, 11) is 0. The van der Waals surface area contributed by atoms with Crippen LogP contribution in [0.2, 0.25) is 0 Å². The summed E-state index contributed by atoms with van der Waals surface area (Å²) in [4.78, 5) is 20.2. The molecule has 0 N–H and O–H groups in total. The molecule has 0 amide bonds. The Balaban J connectivity index is -0.0000000210. The van der Waals surface area contributed by atoms with Crippen molar-refractivity contribution in [2.24, 2.45) is 0 Å². The van der Waals surface area contributed by atoms with Crippen molar-refractivity contribution in [1.29, 1.82) is 0 Å². The molecule has 0 aromatic heterocycles. The number of hydrogen-bond acceptors (Lipinski definition) is 2. The fourth-order valence-corrected chi connectivity index (χ4v) is 0.704. The second-order valence-electron chi connectivity index (χ2n) is 3.36. The quantitative estimate of drug-likeness (QED) is 0.371. The van der Waals surface area contributed by atoms with E-state index in [-0.39, 0.29) is 91.8 Å². The van der Waals surface area contributed by atoms with Gasteiger partial charge < -0.3 is 21.7 Å². The van der Waals surface area contributed by atoms with Crippen LogP contribution in [0.5, 0.6) is 0 Å². The first kappa shape index (κ1) is 49.5. The largest absolute Gasteiger partial charge is 0.429 e. The van der Waals surface area contributed by atoms with Crippen LogP contribution in [0.25, 0.3) is 0 Å². The molecule has 0 aliphatic heterocycles. The molecule has 0 fully saturated rings. The summed E-state index contributed by atoms with van der Waals surface area (Å²) < 4.78 is 0. The van der Waals surface area contributed by atoms with E-state index in [0.29, 0.717) is 0 Å². The molecular weight excluding hydrogens is 426 g/mol. The van der Waals surface area contributed by atoms with Crippen LogP contribution in [0.4, 0.5) is 0 Å². The van der Waals surface area contributed by atoms with E-state index in [1.165, 1.54) is 13.8 Å². The number of Topliss-reactive ketones (excluding diaryl/α,β-unsaturated/α-hetero) is 2. The number of rotatable bonds is 2. The molecule has 0 aromatic rings. The van der Waals surface area contributed by atoms with Gasteiger partial charge in [0.05, 0.1) is 0 Å². The Morgan fingerprint density at radius 1 is 0.545 bits per heavy atom. The summed E-state index contributed by atoms with van der Waals surface area (Å²) in [5.74, 6) is 0.000000000000000888. The maximum Gasteiger partial charge on any atom is 0 e. The van der Waals surface area contributed by atoms with E-state index in [1.54, 1.807) is 0 Å². The van der Waals surface area contributed by atoms with Crippen LogP contribution < -0.4 is 0 Å². The van der Waals surface area contributed by atoms with Crippen molar-refractivity contribution < 1.29 is 75.0 Å². The van der Waals surface area contributed by atoms with Gasteiger partial charge in [-0.3, -0.25) is 11.1 Å². The second-order valence-corrected chi connectivity index (χ2v) is 3.36. The maximum atomic E-state index is 10.1. The molecular formula is C18H38O2Y2-2. The molecule has 0 rings (SSSR count). The zero-order chi connectivity index (χ0) is 15.7. The summed E-state index contributed by atoms with van der Waals surface area (Å²) in [5.41, 5.74) is 1.88. The van der Waals surface area contributed by atoms with Crippen molar-refractivity contribution in [1.82, 2.24) is 0 Å². The van der Waals surface area contributed by atoms with Crippen molar-refractivity contribution in [3.8, 4) is 0 Å². The predicted octanol–water partition coefficient (Wildman–Crippen LogP) is 6.01. The monoisotopic (exact) mass is 464 g/mol. The Kier molecular flexibility index (Phi) is 97.0. The zero-order valence-corrected chi connectivity index (χ0v) is 20.6. The van der Waals surface area contributed by atoms with Crippen LogP contribution in [0, 0.1) is 12.2 Å². The summed E-state index contributed by atoms with van der Waals surface area (Å²) in [6, 6.07) is 0. The van der Waals surface area contributed by atoms with E-state index in [9.17, 15) is 9.59 Å². The third kappa shape index (κ3) is 103. The Morgan fingerprint density at radius 2 is 0.682 bits per heavy atom. The Hall–Kier alpha value is 1.03. The van der Waals surface area contributed by atoms with Gasteiger partial charge in [-0.15, -0.1) is 0 Å². The normalized spacial score (nSPS) is 5.55. The number of carbonyl (C=O) groups is 2. The summed E-state index contributed by atoms with van der Waals surface area (Å²) in [5, 5.41) is 0. The predicted molar refractivity (Wildman–Crippen MR) is 93.7 cm³/mol. The van der Waals surface area contributed by atoms with Gasteiger partial charge in [-0.1, -0.05) is 70.2 Å². The molecule has 22 heavy (non-hydrogen) atoms. The van der Waals surface area contributed by atoms with Crippen LogP contribution in [-0.4, -0.2) is 11.6 Å². The maximum absolute atomic E-state index is 10.1. The van der Waals surface area contributed by atoms with Crippen molar-refractivity contribution in [3.63, 3.8) is 0 Å². The van der Waals surface area contributed by atoms with Crippen LogP contribution in [0.3, 0.4) is 0 Å². The van der Waals surface area contributed by atoms with Gasteiger partial charge >= 0.3 is 0 Å². The third-order valence-electron chi connectivity index (χ3n) is 0.852. The van der Waals surface area contributed by atoms with Gasteiger partial charge in [0.15, 0.2) is 0 Å². The molecule has 0 saturated heterocycles. The summed E-state index contributed by atoms with van der Waals surface area (Å²) in [6.45, 7) is 18.4. The van der Waals surface area contributed by atoms with Gasteiger partial charge in [0, 0.05) is 65.4 Å². The van der Waals surface area contributed by atoms with E-state index < -0.39 is 0 Å². The molecule has 0 spiro atoms. The van der Waals surface area contributed by atoms with E-state index >= 15 is 0 Å².